The topological polar surface area (TPSA) is 61.2 Å². The average molecular weight is 406 g/mol. The number of likely N-dealkylation sites (tertiary alicyclic amines) is 1. The Morgan fingerprint density at radius 3 is 2.36 bits per heavy atom. The Bertz CT molecular complexity index is 748. The van der Waals surface area contributed by atoms with Crippen molar-refractivity contribution in [2.75, 3.05) is 41.0 Å². The van der Waals surface area contributed by atoms with Crippen LogP contribution >= 0.6 is 11.3 Å². The SMILES string of the molecule is COc1cc(CC(=O)NC[C@@H](c2cccs2)[NH+]2CCCC2)cc(OC)c1OC. The van der Waals surface area contributed by atoms with Crippen molar-refractivity contribution >= 4 is 17.2 Å². The van der Waals surface area contributed by atoms with Gasteiger partial charge in [-0.2, -0.15) is 0 Å². The first-order valence-electron chi connectivity index (χ1n) is 9.59. The summed E-state index contributed by atoms with van der Waals surface area (Å²) in [4.78, 5) is 15.5. The summed E-state index contributed by atoms with van der Waals surface area (Å²) in [5.41, 5.74) is 0.827. The number of thiophene rings is 1. The predicted molar refractivity (Wildman–Crippen MR) is 110 cm³/mol. The van der Waals surface area contributed by atoms with E-state index in [1.54, 1.807) is 37.6 Å². The second kappa shape index (κ2) is 9.80. The largest absolute Gasteiger partial charge is 0.493 e. The number of benzene rings is 1. The van der Waals surface area contributed by atoms with Crippen LogP contribution in [-0.4, -0.2) is 46.9 Å². The number of methoxy groups -OCH3 is 3. The minimum atomic E-state index is -0.00516. The standard InChI is InChI=1S/C21H28N2O4S/c1-25-17-11-15(12-18(26-2)21(17)27-3)13-20(24)22-14-16(19-7-6-10-28-19)23-8-4-5-9-23/h6-7,10-12,16H,4-5,8-9,13-14H2,1-3H3,(H,22,24)/p+1/t16-/m0/s1. The van der Waals surface area contributed by atoms with Gasteiger partial charge in [0.05, 0.1) is 52.3 Å². The van der Waals surface area contributed by atoms with Crippen molar-refractivity contribution in [1.82, 2.24) is 5.32 Å². The molecule has 1 saturated heterocycles. The van der Waals surface area contributed by atoms with Crippen molar-refractivity contribution < 1.29 is 23.9 Å². The maximum atomic E-state index is 12.6. The quantitative estimate of drug-likeness (QED) is 0.669. The van der Waals surface area contributed by atoms with Crippen LogP contribution in [0, 0.1) is 0 Å². The van der Waals surface area contributed by atoms with Crippen LogP contribution in [0.5, 0.6) is 17.2 Å². The van der Waals surface area contributed by atoms with Gasteiger partial charge in [0.25, 0.3) is 0 Å². The van der Waals surface area contributed by atoms with Gasteiger partial charge in [-0.15, -0.1) is 11.3 Å². The Kier molecular flexibility index (Phi) is 7.17. The molecular weight excluding hydrogens is 376 g/mol. The molecule has 2 N–H and O–H groups in total. The zero-order valence-electron chi connectivity index (χ0n) is 16.7. The number of ether oxygens (including phenoxy) is 3. The van der Waals surface area contributed by atoms with Gasteiger partial charge < -0.3 is 24.4 Å². The summed E-state index contributed by atoms with van der Waals surface area (Å²) in [5.74, 6) is 1.64. The van der Waals surface area contributed by atoms with Gasteiger partial charge in [0.2, 0.25) is 11.7 Å². The maximum absolute atomic E-state index is 12.6. The van der Waals surface area contributed by atoms with Gasteiger partial charge >= 0.3 is 0 Å². The number of nitrogens with one attached hydrogen (secondary N) is 2. The Balaban J connectivity index is 1.66. The van der Waals surface area contributed by atoms with E-state index < -0.39 is 0 Å². The number of amides is 1. The van der Waals surface area contributed by atoms with Crippen molar-refractivity contribution in [3.63, 3.8) is 0 Å². The van der Waals surface area contributed by atoms with Crippen molar-refractivity contribution in [2.45, 2.75) is 25.3 Å². The second-order valence-electron chi connectivity index (χ2n) is 6.95. The minimum absolute atomic E-state index is 0.00516. The fraction of sp³-hybridized carbons (Fsp3) is 0.476. The first-order chi connectivity index (χ1) is 13.7. The van der Waals surface area contributed by atoms with Gasteiger partial charge in [0.15, 0.2) is 11.5 Å². The third-order valence-electron chi connectivity index (χ3n) is 5.22. The van der Waals surface area contributed by atoms with E-state index in [1.165, 1.54) is 30.8 Å². The number of rotatable bonds is 9. The Morgan fingerprint density at radius 1 is 1.14 bits per heavy atom. The van der Waals surface area contributed by atoms with Gasteiger partial charge in [-0.1, -0.05) is 6.07 Å². The number of hydrogen-bond acceptors (Lipinski definition) is 5. The summed E-state index contributed by atoms with van der Waals surface area (Å²) in [7, 11) is 4.72. The molecule has 2 aromatic rings. The molecule has 3 rings (SSSR count). The fourth-order valence-electron chi connectivity index (χ4n) is 3.81. The first-order valence-corrected chi connectivity index (χ1v) is 10.5. The van der Waals surface area contributed by atoms with Gasteiger partial charge in [-0.25, -0.2) is 0 Å². The molecule has 1 amide bonds. The first kappa shape index (κ1) is 20.5. The molecule has 0 aliphatic carbocycles. The Morgan fingerprint density at radius 2 is 1.82 bits per heavy atom. The number of hydrogen-bond donors (Lipinski definition) is 2. The smallest absolute Gasteiger partial charge is 0.224 e. The van der Waals surface area contributed by atoms with Crippen molar-refractivity contribution in [3.05, 3.63) is 40.1 Å². The zero-order chi connectivity index (χ0) is 19.9. The van der Waals surface area contributed by atoms with Crippen LogP contribution in [0.1, 0.15) is 29.3 Å². The minimum Gasteiger partial charge on any atom is -0.493 e. The van der Waals surface area contributed by atoms with Crippen LogP contribution in [0.3, 0.4) is 0 Å². The second-order valence-corrected chi connectivity index (χ2v) is 7.93. The lowest BCUT2D eigenvalue weighted by atomic mass is 10.1. The van der Waals surface area contributed by atoms with Crippen LogP contribution in [0.2, 0.25) is 0 Å². The third-order valence-corrected chi connectivity index (χ3v) is 6.20. The summed E-state index contributed by atoms with van der Waals surface area (Å²) in [6.45, 7) is 3.00. The highest BCUT2D eigenvalue weighted by Crippen LogP contribution is 2.38. The molecule has 1 fully saturated rings. The predicted octanol–water partition coefficient (Wildman–Crippen LogP) is 1.85. The lowest BCUT2D eigenvalue weighted by molar-refractivity contribution is -0.918. The fourth-order valence-corrected chi connectivity index (χ4v) is 4.70. The number of carbonyl (C=O) groups is 1. The molecule has 1 aliphatic heterocycles. The molecular formula is C21H29N2O4S+. The van der Waals surface area contributed by atoms with Crippen molar-refractivity contribution in [2.24, 2.45) is 0 Å². The van der Waals surface area contributed by atoms with E-state index in [4.69, 9.17) is 14.2 Å². The van der Waals surface area contributed by atoms with E-state index in [0.717, 1.165) is 5.56 Å². The average Bonchev–Trinajstić information content (AvgIpc) is 3.42. The van der Waals surface area contributed by atoms with E-state index in [2.05, 4.69) is 22.8 Å². The zero-order valence-corrected chi connectivity index (χ0v) is 17.6. The van der Waals surface area contributed by atoms with Gasteiger partial charge in [-0.3, -0.25) is 4.79 Å². The molecule has 0 bridgehead atoms. The molecule has 7 heteroatoms. The normalized spacial score (nSPS) is 15.2. The van der Waals surface area contributed by atoms with Crippen LogP contribution in [-0.2, 0) is 11.2 Å². The molecule has 0 saturated carbocycles. The monoisotopic (exact) mass is 405 g/mol. The lowest BCUT2D eigenvalue weighted by Gasteiger charge is -2.24. The summed E-state index contributed by atoms with van der Waals surface area (Å²) < 4.78 is 16.1. The Hall–Kier alpha value is -2.25. The van der Waals surface area contributed by atoms with E-state index in [0.29, 0.717) is 29.8 Å². The molecule has 6 nitrogen and oxygen atoms in total. The molecule has 1 aromatic carbocycles. The molecule has 1 aliphatic rings. The molecule has 152 valence electrons. The molecule has 0 radical (unpaired) electrons. The molecule has 0 spiro atoms. The third kappa shape index (κ3) is 4.77. The lowest BCUT2D eigenvalue weighted by Crippen LogP contribution is -3.11. The van der Waals surface area contributed by atoms with Crippen LogP contribution < -0.4 is 24.4 Å². The van der Waals surface area contributed by atoms with E-state index >= 15 is 0 Å². The highest BCUT2D eigenvalue weighted by atomic mass is 32.1. The maximum Gasteiger partial charge on any atom is 0.224 e. The van der Waals surface area contributed by atoms with Crippen LogP contribution in [0.4, 0.5) is 0 Å². The van der Waals surface area contributed by atoms with Crippen molar-refractivity contribution in [1.29, 1.82) is 0 Å². The van der Waals surface area contributed by atoms with Gasteiger partial charge in [0, 0.05) is 12.8 Å². The van der Waals surface area contributed by atoms with Crippen LogP contribution in [0.15, 0.2) is 29.6 Å². The number of quaternary nitrogens is 1. The van der Waals surface area contributed by atoms with E-state index in [1.807, 2.05) is 12.1 Å². The summed E-state index contributed by atoms with van der Waals surface area (Å²) in [5, 5.41) is 5.24. The van der Waals surface area contributed by atoms with Crippen molar-refractivity contribution in [3.8, 4) is 17.2 Å². The molecule has 1 aromatic heterocycles. The summed E-state index contributed by atoms with van der Waals surface area (Å²) in [6.07, 6.45) is 2.79. The molecule has 0 unspecified atom stereocenters. The molecule has 28 heavy (non-hydrogen) atoms. The van der Waals surface area contributed by atoms with Crippen LogP contribution in [0.25, 0.3) is 0 Å². The molecule has 2 heterocycles. The van der Waals surface area contributed by atoms with E-state index in [-0.39, 0.29) is 12.3 Å². The number of carbonyl (C=O) groups excluding carboxylic acids is 1. The van der Waals surface area contributed by atoms with Gasteiger partial charge in [-0.05, 0) is 29.1 Å². The summed E-state index contributed by atoms with van der Waals surface area (Å²) in [6, 6.07) is 8.23. The molecule has 1 atom stereocenters. The van der Waals surface area contributed by atoms with Gasteiger partial charge in [0.1, 0.15) is 6.04 Å². The summed E-state index contributed by atoms with van der Waals surface area (Å²) >= 11 is 1.77. The highest BCUT2D eigenvalue weighted by molar-refractivity contribution is 7.10. The van der Waals surface area contributed by atoms with E-state index in [9.17, 15) is 4.79 Å². The Labute approximate surface area is 170 Å². The highest BCUT2D eigenvalue weighted by Gasteiger charge is 2.28.